The van der Waals surface area contributed by atoms with Crippen LogP contribution in [0.1, 0.15) is 47.8 Å². The van der Waals surface area contributed by atoms with E-state index in [-0.39, 0.29) is 32.8 Å². The highest BCUT2D eigenvalue weighted by atomic mass is 35.5. The summed E-state index contributed by atoms with van der Waals surface area (Å²) in [6, 6.07) is 1.44. The van der Waals surface area contributed by atoms with Crippen molar-refractivity contribution < 1.29 is 22.7 Å². The van der Waals surface area contributed by atoms with E-state index in [9.17, 15) is 18.0 Å². The van der Waals surface area contributed by atoms with Crippen LogP contribution in [0, 0.1) is 19.8 Å². The minimum atomic E-state index is -3.51. The van der Waals surface area contributed by atoms with Gasteiger partial charge in [-0.15, -0.1) is 0 Å². The van der Waals surface area contributed by atoms with E-state index in [2.05, 4.69) is 5.10 Å². The Bertz CT molecular complexity index is 1050. The second kappa shape index (κ2) is 8.05. The van der Waals surface area contributed by atoms with Gasteiger partial charge in [-0.2, -0.15) is 5.10 Å². The molecule has 0 bridgehead atoms. The van der Waals surface area contributed by atoms with Gasteiger partial charge in [0.15, 0.2) is 9.84 Å². The summed E-state index contributed by atoms with van der Waals surface area (Å²) in [6.07, 6.45) is 2.42. The number of hydrogen-bond donors (Lipinski definition) is 0. The third kappa shape index (κ3) is 4.44. The molecule has 0 aliphatic rings. The van der Waals surface area contributed by atoms with Crippen LogP contribution in [-0.2, 0) is 21.2 Å². The van der Waals surface area contributed by atoms with Crippen LogP contribution in [0.2, 0.25) is 5.02 Å². The number of carbonyl (C=O) groups is 2. The number of esters is 1. The van der Waals surface area contributed by atoms with Gasteiger partial charge in [-0.1, -0.05) is 25.4 Å². The zero-order valence-corrected chi connectivity index (χ0v) is 18.2. The molecule has 0 unspecified atom stereocenters. The van der Waals surface area contributed by atoms with Crippen LogP contribution >= 0.6 is 11.6 Å². The molecule has 0 N–H and O–H groups in total. The number of aromatic nitrogens is 2. The molecule has 0 atom stereocenters. The number of benzene rings is 1. The average molecular weight is 427 g/mol. The van der Waals surface area contributed by atoms with E-state index in [0.717, 1.165) is 6.26 Å². The number of nitrogens with zero attached hydrogens (tertiary/aromatic N) is 2. The number of ether oxygens (including phenoxy) is 1. The van der Waals surface area contributed by atoms with E-state index in [0.29, 0.717) is 17.7 Å². The maximum Gasteiger partial charge on any atom is 0.309 e. The molecule has 2 rings (SSSR count). The summed E-state index contributed by atoms with van der Waals surface area (Å²) in [5.74, 6) is -0.822. The van der Waals surface area contributed by atoms with Crippen molar-refractivity contribution in [3.8, 4) is 5.88 Å². The van der Waals surface area contributed by atoms with Crippen molar-refractivity contribution in [3.05, 3.63) is 39.5 Å². The van der Waals surface area contributed by atoms with Crippen LogP contribution in [0.15, 0.2) is 17.2 Å². The van der Waals surface area contributed by atoms with E-state index in [4.69, 9.17) is 16.3 Å². The van der Waals surface area contributed by atoms with Crippen molar-refractivity contribution in [2.45, 2.75) is 46.1 Å². The number of halogens is 1. The van der Waals surface area contributed by atoms with E-state index in [1.165, 1.54) is 23.9 Å². The lowest BCUT2D eigenvalue weighted by molar-refractivity contribution is -0.132. The molecule has 152 valence electrons. The van der Waals surface area contributed by atoms with Crippen molar-refractivity contribution in [1.29, 1.82) is 0 Å². The molecule has 0 amide bonds. The Balaban J connectivity index is 2.64. The van der Waals surface area contributed by atoms with Gasteiger partial charge < -0.3 is 4.74 Å². The fraction of sp³-hybridized carbons (Fsp3) is 0.421. The Morgan fingerprint density at radius 1 is 1.25 bits per heavy atom. The van der Waals surface area contributed by atoms with Gasteiger partial charge in [0.2, 0.25) is 11.7 Å². The fourth-order valence-corrected chi connectivity index (χ4v) is 4.67. The zero-order chi connectivity index (χ0) is 21.4. The Hall–Kier alpha value is -2.19. The first kappa shape index (κ1) is 22.1. The molecule has 0 aliphatic carbocycles. The molecule has 0 aliphatic heterocycles. The van der Waals surface area contributed by atoms with Crippen LogP contribution in [0.25, 0.3) is 0 Å². The summed E-state index contributed by atoms with van der Waals surface area (Å²) in [7, 11) is -3.51. The molecule has 1 heterocycles. The molecular formula is C19H23ClN2O5S. The molecule has 1 aromatic carbocycles. The average Bonchev–Trinajstić information content (AvgIpc) is 2.90. The van der Waals surface area contributed by atoms with Gasteiger partial charge in [0.05, 0.1) is 16.1 Å². The van der Waals surface area contributed by atoms with Gasteiger partial charge in [-0.3, -0.25) is 9.59 Å². The van der Waals surface area contributed by atoms with Gasteiger partial charge in [-0.25, -0.2) is 13.1 Å². The summed E-state index contributed by atoms with van der Waals surface area (Å²) in [5, 5.41) is 4.21. The Labute approximate surface area is 169 Å². The summed E-state index contributed by atoms with van der Waals surface area (Å²) >= 11 is 6.35. The molecule has 9 heteroatoms. The molecule has 1 aromatic heterocycles. The van der Waals surface area contributed by atoms with Crippen LogP contribution in [0.5, 0.6) is 5.88 Å². The minimum Gasteiger partial charge on any atom is -0.407 e. The highest BCUT2D eigenvalue weighted by Crippen LogP contribution is 2.33. The lowest BCUT2D eigenvalue weighted by atomic mass is 10.0. The number of aryl methyl sites for hydroxylation is 1. The summed E-state index contributed by atoms with van der Waals surface area (Å²) in [4.78, 5) is 24.8. The van der Waals surface area contributed by atoms with E-state index < -0.39 is 21.6 Å². The third-order valence-electron chi connectivity index (χ3n) is 4.05. The number of sulfone groups is 1. The van der Waals surface area contributed by atoms with Gasteiger partial charge >= 0.3 is 5.97 Å². The Morgan fingerprint density at radius 2 is 1.86 bits per heavy atom. The summed E-state index contributed by atoms with van der Waals surface area (Å²) in [5.41, 5.74) is 0.928. The topological polar surface area (TPSA) is 95.3 Å². The third-order valence-corrected chi connectivity index (χ3v) is 5.91. The highest BCUT2D eigenvalue weighted by Gasteiger charge is 2.27. The molecule has 0 fully saturated rings. The maximum absolute atomic E-state index is 13.2. The number of rotatable bonds is 6. The van der Waals surface area contributed by atoms with Crippen molar-refractivity contribution in [2.24, 2.45) is 5.92 Å². The quantitative estimate of drug-likeness (QED) is 0.519. The summed E-state index contributed by atoms with van der Waals surface area (Å²) in [6.45, 7) is 8.78. The number of ketones is 1. The first-order valence-electron chi connectivity index (χ1n) is 8.63. The predicted octanol–water partition coefficient (Wildman–Crippen LogP) is 3.37. The van der Waals surface area contributed by atoms with Crippen LogP contribution < -0.4 is 4.74 Å². The molecule has 0 radical (unpaired) electrons. The predicted molar refractivity (Wildman–Crippen MR) is 106 cm³/mol. The van der Waals surface area contributed by atoms with E-state index >= 15 is 0 Å². The fourth-order valence-electron chi connectivity index (χ4n) is 3.07. The zero-order valence-electron chi connectivity index (χ0n) is 16.7. The normalized spacial score (nSPS) is 11.7. The molecule has 0 saturated heterocycles. The van der Waals surface area contributed by atoms with Gasteiger partial charge in [0, 0.05) is 25.3 Å². The second-order valence-corrected chi connectivity index (χ2v) is 9.47. The Morgan fingerprint density at radius 3 is 2.36 bits per heavy atom. The monoisotopic (exact) mass is 426 g/mol. The van der Waals surface area contributed by atoms with Crippen LogP contribution in [-0.4, -0.2) is 36.2 Å². The van der Waals surface area contributed by atoms with Crippen molar-refractivity contribution in [1.82, 2.24) is 9.78 Å². The van der Waals surface area contributed by atoms with Crippen molar-refractivity contribution >= 4 is 33.2 Å². The van der Waals surface area contributed by atoms with Crippen LogP contribution in [0.3, 0.4) is 0 Å². The molecule has 28 heavy (non-hydrogen) atoms. The van der Waals surface area contributed by atoms with E-state index in [1.807, 2.05) is 13.8 Å². The highest BCUT2D eigenvalue weighted by molar-refractivity contribution is 7.90. The molecule has 0 spiro atoms. The lowest BCUT2D eigenvalue weighted by Gasteiger charge is -2.14. The molecule has 2 aromatic rings. The lowest BCUT2D eigenvalue weighted by Crippen LogP contribution is -2.14. The summed E-state index contributed by atoms with van der Waals surface area (Å²) < 4.78 is 30.8. The second-order valence-electron chi connectivity index (χ2n) is 7.14. The Kier molecular flexibility index (Phi) is 6.35. The SMILES string of the molecule is CC(=O)Oc1c(C(=O)c2cc(C)c(S(C)(=O)=O)c(C)c2Cl)cnn1CC(C)C. The standard InChI is InChI=1S/C19H23ClN2O5S/c1-10(2)9-22-19(27-13(5)23)15(8-21-22)17(24)14-7-11(3)18(28(6,25)26)12(4)16(14)20/h7-8,10H,9H2,1-6H3. The van der Waals surface area contributed by atoms with Gasteiger partial charge in [0.25, 0.3) is 0 Å². The number of carbonyl (C=O) groups excluding carboxylic acids is 2. The number of hydrogen-bond acceptors (Lipinski definition) is 6. The van der Waals surface area contributed by atoms with Crippen LogP contribution in [0.4, 0.5) is 0 Å². The molecular weight excluding hydrogens is 404 g/mol. The van der Waals surface area contributed by atoms with E-state index in [1.54, 1.807) is 13.8 Å². The van der Waals surface area contributed by atoms with Gasteiger partial charge in [-0.05, 0) is 37.0 Å². The van der Waals surface area contributed by atoms with Crippen molar-refractivity contribution in [3.63, 3.8) is 0 Å². The molecule has 7 nitrogen and oxygen atoms in total. The van der Waals surface area contributed by atoms with Crippen molar-refractivity contribution in [2.75, 3.05) is 6.26 Å². The first-order chi connectivity index (χ1) is 12.8. The minimum absolute atomic E-state index is 0.0430. The smallest absolute Gasteiger partial charge is 0.309 e. The first-order valence-corrected chi connectivity index (χ1v) is 10.9. The largest absolute Gasteiger partial charge is 0.407 e. The molecule has 0 saturated carbocycles. The maximum atomic E-state index is 13.2. The van der Waals surface area contributed by atoms with Gasteiger partial charge in [0.1, 0.15) is 5.56 Å².